The zero-order chi connectivity index (χ0) is 12.8. The van der Waals surface area contributed by atoms with Crippen molar-refractivity contribution in [1.82, 2.24) is 9.88 Å². The first-order chi connectivity index (χ1) is 8.11. The van der Waals surface area contributed by atoms with Crippen LogP contribution < -0.4 is 5.32 Å². The third-order valence-electron chi connectivity index (χ3n) is 2.67. The number of nitrogens with zero attached hydrogens (tertiary/aromatic N) is 2. The van der Waals surface area contributed by atoms with Gasteiger partial charge in [0, 0.05) is 37.7 Å². The molecule has 1 amide bonds. The first kappa shape index (κ1) is 13.5. The number of pyridine rings is 1. The van der Waals surface area contributed by atoms with E-state index in [0.29, 0.717) is 5.56 Å². The van der Waals surface area contributed by atoms with Gasteiger partial charge in [0.25, 0.3) is 5.91 Å². The molecule has 1 aromatic heterocycles. The lowest BCUT2D eigenvalue weighted by molar-refractivity contribution is 0.0706. The second-order valence-corrected chi connectivity index (χ2v) is 4.26. The fraction of sp³-hybridized carbons (Fsp3) is 0.538. The molecule has 1 N–H and O–H groups in total. The lowest BCUT2D eigenvalue weighted by Crippen LogP contribution is -2.37. The van der Waals surface area contributed by atoms with Crippen LogP contribution in [0.25, 0.3) is 0 Å². The highest BCUT2D eigenvalue weighted by Gasteiger charge is 2.20. The van der Waals surface area contributed by atoms with E-state index in [1.54, 1.807) is 12.4 Å². The van der Waals surface area contributed by atoms with Crippen molar-refractivity contribution in [3.63, 3.8) is 0 Å². The number of carbonyl (C=O) groups is 1. The highest BCUT2D eigenvalue weighted by molar-refractivity contribution is 5.99. The summed E-state index contributed by atoms with van der Waals surface area (Å²) in [4.78, 5) is 18.3. The van der Waals surface area contributed by atoms with Gasteiger partial charge in [-0.2, -0.15) is 0 Å². The average Bonchev–Trinajstić information content (AvgIpc) is 2.34. The average molecular weight is 235 g/mol. The predicted octanol–water partition coefficient (Wildman–Crippen LogP) is 2.38. The molecule has 1 aromatic rings. The molecular weight excluding hydrogens is 214 g/mol. The molecule has 0 aromatic carbocycles. The summed E-state index contributed by atoms with van der Waals surface area (Å²) >= 11 is 0. The molecule has 1 heterocycles. The summed E-state index contributed by atoms with van der Waals surface area (Å²) < 4.78 is 0. The largest absolute Gasteiger partial charge is 0.387 e. The summed E-state index contributed by atoms with van der Waals surface area (Å²) in [5.41, 5.74) is 1.46. The molecule has 94 valence electrons. The Morgan fingerprint density at radius 1 is 1.53 bits per heavy atom. The predicted molar refractivity (Wildman–Crippen MR) is 70.2 cm³/mol. The van der Waals surface area contributed by atoms with Gasteiger partial charge in [-0.15, -0.1) is 0 Å². The van der Waals surface area contributed by atoms with Crippen LogP contribution in [0.15, 0.2) is 18.5 Å². The molecule has 0 unspecified atom stereocenters. The topological polar surface area (TPSA) is 45.2 Å². The van der Waals surface area contributed by atoms with Crippen LogP contribution in [0, 0.1) is 0 Å². The van der Waals surface area contributed by atoms with Crippen LogP contribution in [0.2, 0.25) is 0 Å². The van der Waals surface area contributed by atoms with Crippen LogP contribution in [-0.4, -0.2) is 35.4 Å². The van der Waals surface area contributed by atoms with Gasteiger partial charge in [-0.05, 0) is 26.3 Å². The summed E-state index contributed by atoms with van der Waals surface area (Å²) in [6.45, 7) is 6.91. The first-order valence-electron chi connectivity index (χ1n) is 6.04. The summed E-state index contributed by atoms with van der Waals surface area (Å²) in [5.74, 6) is 0.0410. The van der Waals surface area contributed by atoms with Gasteiger partial charge in [-0.3, -0.25) is 9.78 Å². The van der Waals surface area contributed by atoms with Crippen LogP contribution in [0.3, 0.4) is 0 Å². The molecule has 0 aliphatic rings. The number of carbonyl (C=O) groups excluding carboxylic acids is 1. The highest BCUT2D eigenvalue weighted by Crippen LogP contribution is 2.16. The Hall–Kier alpha value is -1.58. The van der Waals surface area contributed by atoms with E-state index in [1.807, 2.05) is 31.9 Å². The van der Waals surface area contributed by atoms with E-state index >= 15 is 0 Å². The third-order valence-corrected chi connectivity index (χ3v) is 2.67. The summed E-state index contributed by atoms with van der Waals surface area (Å²) in [6, 6.07) is 2.02. The Morgan fingerprint density at radius 3 is 2.76 bits per heavy atom. The van der Waals surface area contributed by atoms with Crippen LogP contribution in [0.1, 0.15) is 37.6 Å². The lowest BCUT2D eigenvalue weighted by atomic mass is 10.1. The Kier molecular flexibility index (Phi) is 4.94. The van der Waals surface area contributed by atoms with Gasteiger partial charge in [0.05, 0.1) is 5.56 Å². The number of aromatic nitrogens is 1. The molecular formula is C13H21N3O. The van der Waals surface area contributed by atoms with Crippen molar-refractivity contribution in [3.8, 4) is 0 Å². The molecule has 0 aliphatic heterocycles. The molecule has 0 bridgehead atoms. The maximum Gasteiger partial charge on any atom is 0.257 e. The standard InChI is InChI=1S/C13H21N3O/c1-5-8-16(10(2)3)13(17)11-9-15-7-6-12(11)14-4/h6-7,9-10H,5,8H2,1-4H3,(H,14,15). The second kappa shape index (κ2) is 6.23. The van der Waals surface area contributed by atoms with Crippen LogP contribution in [0.4, 0.5) is 5.69 Å². The fourth-order valence-corrected chi connectivity index (χ4v) is 1.77. The monoisotopic (exact) mass is 235 g/mol. The Labute approximate surface area is 103 Å². The van der Waals surface area contributed by atoms with E-state index in [1.165, 1.54) is 0 Å². The van der Waals surface area contributed by atoms with Crippen molar-refractivity contribution in [3.05, 3.63) is 24.0 Å². The molecule has 0 radical (unpaired) electrons. The number of amides is 1. The van der Waals surface area contributed by atoms with Gasteiger partial charge < -0.3 is 10.2 Å². The number of rotatable bonds is 5. The molecule has 4 heteroatoms. The number of nitrogens with one attached hydrogen (secondary N) is 1. The van der Waals surface area contributed by atoms with E-state index in [4.69, 9.17) is 0 Å². The van der Waals surface area contributed by atoms with Crippen molar-refractivity contribution >= 4 is 11.6 Å². The zero-order valence-corrected chi connectivity index (χ0v) is 11.0. The van der Waals surface area contributed by atoms with Crippen molar-refractivity contribution < 1.29 is 4.79 Å². The third kappa shape index (κ3) is 3.19. The van der Waals surface area contributed by atoms with Gasteiger partial charge in [0.15, 0.2) is 0 Å². The number of hydrogen-bond acceptors (Lipinski definition) is 3. The molecule has 17 heavy (non-hydrogen) atoms. The Morgan fingerprint density at radius 2 is 2.24 bits per heavy atom. The van der Waals surface area contributed by atoms with Gasteiger partial charge in [-0.1, -0.05) is 6.92 Å². The van der Waals surface area contributed by atoms with Crippen molar-refractivity contribution in [2.75, 3.05) is 18.9 Å². The maximum atomic E-state index is 12.4. The molecule has 0 aliphatic carbocycles. The molecule has 0 spiro atoms. The number of anilines is 1. The minimum atomic E-state index is 0.0410. The zero-order valence-electron chi connectivity index (χ0n) is 11.0. The minimum Gasteiger partial charge on any atom is -0.387 e. The summed E-state index contributed by atoms with van der Waals surface area (Å²) in [5, 5.41) is 3.02. The van der Waals surface area contributed by atoms with Crippen LogP contribution >= 0.6 is 0 Å². The van der Waals surface area contributed by atoms with Crippen molar-refractivity contribution in [1.29, 1.82) is 0 Å². The van der Waals surface area contributed by atoms with Gasteiger partial charge in [0.2, 0.25) is 0 Å². The second-order valence-electron chi connectivity index (χ2n) is 4.26. The fourth-order valence-electron chi connectivity index (χ4n) is 1.77. The van der Waals surface area contributed by atoms with Gasteiger partial charge in [0.1, 0.15) is 0 Å². The molecule has 1 rings (SSSR count). The lowest BCUT2D eigenvalue weighted by Gasteiger charge is -2.27. The molecule has 0 saturated heterocycles. The Balaban J connectivity index is 3.00. The SMILES string of the molecule is CCCN(C(=O)c1cnccc1NC)C(C)C. The van der Waals surface area contributed by atoms with E-state index in [9.17, 15) is 4.79 Å². The van der Waals surface area contributed by atoms with Gasteiger partial charge in [-0.25, -0.2) is 0 Å². The van der Waals surface area contributed by atoms with E-state index in [-0.39, 0.29) is 11.9 Å². The van der Waals surface area contributed by atoms with Crippen LogP contribution in [-0.2, 0) is 0 Å². The molecule has 0 saturated carbocycles. The van der Waals surface area contributed by atoms with Crippen molar-refractivity contribution in [2.24, 2.45) is 0 Å². The number of hydrogen-bond donors (Lipinski definition) is 1. The molecule has 0 fully saturated rings. The Bertz CT molecular complexity index is 377. The van der Waals surface area contributed by atoms with Crippen molar-refractivity contribution in [2.45, 2.75) is 33.2 Å². The first-order valence-corrected chi connectivity index (χ1v) is 6.04. The van der Waals surface area contributed by atoms with E-state index < -0.39 is 0 Å². The van der Waals surface area contributed by atoms with Crippen LogP contribution in [0.5, 0.6) is 0 Å². The van der Waals surface area contributed by atoms with E-state index in [2.05, 4.69) is 17.2 Å². The summed E-state index contributed by atoms with van der Waals surface area (Å²) in [6.07, 6.45) is 4.26. The van der Waals surface area contributed by atoms with Gasteiger partial charge >= 0.3 is 0 Å². The van der Waals surface area contributed by atoms with E-state index in [0.717, 1.165) is 18.7 Å². The highest BCUT2D eigenvalue weighted by atomic mass is 16.2. The minimum absolute atomic E-state index is 0.0410. The molecule has 0 atom stereocenters. The smallest absolute Gasteiger partial charge is 0.257 e. The maximum absolute atomic E-state index is 12.4. The molecule has 4 nitrogen and oxygen atoms in total. The normalized spacial score (nSPS) is 10.4. The quantitative estimate of drug-likeness (QED) is 0.852. The summed E-state index contributed by atoms with van der Waals surface area (Å²) in [7, 11) is 1.81.